The number of carbonyl (C=O) groups is 1. The van der Waals surface area contributed by atoms with Gasteiger partial charge in [-0.25, -0.2) is 4.98 Å². The molecule has 0 atom stereocenters. The van der Waals surface area contributed by atoms with Gasteiger partial charge in [-0.05, 0) is 48.7 Å². The highest BCUT2D eigenvalue weighted by atomic mass is 35.5. The van der Waals surface area contributed by atoms with Gasteiger partial charge in [0.1, 0.15) is 0 Å². The minimum atomic E-state index is -0.185. The van der Waals surface area contributed by atoms with Crippen LogP contribution in [-0.4, -0.2) is 21.9 Å². The number of carbonyl (C=O) groups excluding carboxylic acids is 1. The number of H-pyrrole nitrogens is 1. The highest BCUT2D eigenvalue weighted by Gasteiger charge is 2.22. The molecule has 30 heavy (non-hydrogen) atoms. The predicted molar refractivity (Wildman–Crippen MR) is 123 cm³/mol. The Labute approximate surface area is 191 Å². The van der Waals surface area contributed by atoms with Crippen LogP contribution in [0.1, 0.15) is 54.0 Å². The molecule has 1 aliphatic carbocycles. The number of aromatic amines is 1. The van der Waals surface area contributed by atoms with E-state index in [-0.39, 0.29) is 11.9 Å². The third kappa shape index (κ3) is 5.00. The predicted octanol–water partition coefficient (Wildman–Crippen LogP) is 6.69. The third-order valence-electron chi connectivity index (χ3n) is 5.41. The molecule has 0 bridgehead atoms. The van der Waals surface area contributed by atoms with E-state index in [1.54, 1.807) is 12.1 Å². The number of hydrogen-bond acceptors (Lipinski definition) is 2. The maximum Gasteiger partial charge on any atom is 0.287 e. The second kappa shape index (κ2) is 9.42. The summed E-state index contributed by atoms with van der Waals surface area (Å²) < 4.78 is 0. The Bertz CT molecular complexity index is 1040. The first-order valence-electron chi connectivity index (χ1n) is 10.1. The van der Waals surface area contributed by atoms with Gasteiger partial charge >= 0.3 is 0 Å². The molecule has 1 heterocycles. The van der Waals surface area contributed by atoms with Crippen LogP contribution in [0.25, 0.3) is 11.3 Å². The summed E-state index contributed by atoms with van der Waals surface area (Å²) in [5, 5.41) is 4.84. The molecule has 7 heteroatoms. The van der Waals surface area contributed by atoms with E-state index in [2.05, 4.69) is 15.3 Å². The van der Waals surface area contributed by atoms with Crippen LogP contribution in [0.3, 0.4) is 0 Å². The van der Waals surface area contributed by atoms with Crippen molar-refractivity contribution in [3.8, 4) is 11.3 Å². The van der Waals surface area contributed by atoms with Crippen LogP contribution in [0.5, 0.6) is 0 Å². The van der Waals surface area contributed by atoms with E-state index in [0.29, 0.717) is 33.0 Å². The number of halogens is 3. The molecule has 1 amide bonds. The SMILES string of the molecule is O=C(NC1CCCCC1)c1nc(-c2ccc(Cl)cc2Cl)c(Cc2ccc(Cl)cc2)[nH]1. The van der Waals surface area contributed by atoms with Gasteiger partial charge in [0.25, 0.3) is 5.91 Å². The fraction of sp³-hybridized carbons (Fsp3) is 0.304. The summed E-state index contributed by atoms with van der Waals surface area (Å²) in [5.41, 5.74) is 3.25. The molecule has 2 N–H and O–H groups in total. The number of aromatic nitrogens is 2. The first-order valence-corrected chi connectivity index (χ1v) is 11.2. The van der Waals surface area contributed by atoms with Gasteiger partial charge in [-0.2, -0.15) is 0 Å². The molecule has 4 nitrogen and oxygen atoms in total. The maximum atomic E-state index is 12.9. The van der Waals surface area contributed by atoms with Crippen molar-refractivity contribution in [3.63, 3.8) is 0 Å². The topological polar surface area (TPSA) is 57.8 Å². The van der Waals surface area contributed by atoms with Gasteiger partial charge in [0, 0.05) is 33.8 Å². The smallest absolute Gasteiger partial charge is 0.287 e. The lowest BCUT2D eigenvalue weighted by molar-refractivity contribution is 0.0918. The number of nitrogens with one attached hydrogen (secondary N) is 2. The normalized spacial score (nSPS) is 14.6. The van der Waals surface area contributed by atoms with E-state index in [1.807, 2.05) is 30.3 Å². The minimum Gasteiger partial charge on any atom is -0.347 e. The lowest BCUT2D eigenvalue weighted by atomic mass is 9.95. The Morgan fingerprint density at radius 2 is 1.70 bits per heavy atom. The lowest BCUT2D eigenvalue weighted by Crippen LogP contribution is -2.36. The zero-order valence-electron chi connectivity index (χ0n) is 16.4. The van der Waals surface area contributed by atoms with E-state index in [0.717, 1.165) is 42.5 Å². The van der Waals surface area contributed by atoms with E-state index >= 15 is 0 Å². The molecule has 0 aliphatic heterocycles. The third-order valence-corrected chi connectivity index (χ3v) is 6.21. The number of imidazole rings is 1. The Morgan fingerprint density at radius 3 is 2.40 bits per heavy atom. The van der Waals surface area contributed by atoms with Crippen LogP contribution in [0.4, 0.5) is 0 Å². The zero-order chi connectivity index (χ0) is 21.1. The van der Waals surface area contributed by atoms with Crippen molar-refractivity contribution >= 4 is 40.7 Å². The van der Waals surface area contributed by atoms with Crippen molar-refractivity contribution in [2.24, 2.45) is 0 Å². The van der Waals surface area contributed by atoms with Gasteiger partial charge in [-0.15, -0.1) is 0 Å². The van der Waals surface area contributed by atoms with E-state index in [9.17, 15) is 4.79 Å². The number of benzene rings is 2. The fourth-order valence-corrected chi connectivity index (χ4v) is 4.48. The van der Waals surface area contributed by atoms with Gasteiger partial charge in [0.15, 0.2) is 5.82 Å². The number of rotatable bonds is 5. The van der Waals surface area contributed by atoms with Crippen molar-refractivity contribution in [3.05, 3.63) is 74.6 Å². The Morgan fingerprint density at radius 1 is 1.00 bits per heavy atom. The highest BCUT2D eigenvalue weighted by molar-refractivity contribution is 6.36. The van der Waals surface area contributed by atoms with Crippen LogP contribution >= 0.6 is 34.8 Å². The summed E-state index contributed by atoms with van der Waals surface area (Å²) in [6, 6.07) is 13.1. The van der Waals surface area contributed by atoms with Gasteiger partial charge in [0.2, 0.25) is 0 Å². The van der Waals surface area contributed by atoms with Crippen LogP contribution in [0.15, 0.2) is 42.5 Å². The van der Waals surface area contributed by atoms with E-state index < -0.39 is 0 Å². The molecule has 3 aromatic rings. The van der Waals surface area contributed by atoms with Gasteiger partial charge in [-0.3, -0.25) is 4.79 Å². The van der Waals surface area contributed by atoms with E-state index in [1.165, 1.54) is 6.42 Å². The number of nitrogens with zero attached hydrogens (tertiary/aromatic N) is 1. The molecule has 0 unspecified atom stereocenters. The molecule has 0 saturated heterocycles. The highest BCUT2D eigenvalue weighted by Crippen LogP contribution is 2.32. The molecule has 0 spiro atoms. The monoisotopic (exact) mass is 461 g/mol. The average Bonchev–Trinajstić information content (AvgIpc) is 3.14. The standard InChI is InChI=1S/C23H22Cl3N3O/c24-15-8-6-14(7-9-15)12-20-21(18-11-10-16(25)13-19(18)26)29-22(28-20)23(30)27-17-4-2-1-3-5-17/h6-11,13,17H,1-5,12H2,(H,27,30)(H,28,29). The molecule has 0 radical (unpaired) electrons. The summed E-state index contributed by atoms with van der Waals surface area (Å²) in [4.78, 5) is 20.7. The van der Waals surface area contributed by atoms with Crippen molar-refractivity contribution in [1.82, 2.24) is 15.3 Å². The summed E-state index contributed by atoms with van der Waals surface area (Å²) in [7, 11) is 0. The Kier molecular flexibility index (Phi) is 6.67. The van der Waals surface area contributed by atoms with Crippen LogP contribution in [0, 0.1) is 0 Å². The molecular formula is C23H22Cl3N3O. The fourth-order valence-electron chi connectivity index (χ4n) is 3.86. The molecule has 1 fully saturated rings. The lowest BCUT2D eigenvalue weighted by Gasteiger charge is -2.22. The van der Waals surface area contributed by atoms with Gasteiger partial charge in [0.05, 0.1) is 10.7 Å². The van der Waals surface area contributed by atoms with Crippen molar-refractivity contribution in [1.29, 1.82) is 0 Å². The molecule has 4 rings (SSSR count). The molecule has 1 aliphatic rings. The summed E-state index contributed by atoms with van der Waals surface area (Å²) in [6.07, 6.45) is 6.12. The molecule has 156 valence electrons. The molecule has 2 aromatic carbocycles. The first-order chi connectivity index (χ1) is 14.5. The first kappa shape index (κ1) is 21.2. The molecule has 1 aromatic heterocycles. The molecular weight excluding hydrogens is 441 g/mol. The Hall–Kier alpha value is -2.01. The second-order valence-electron chi connectivity index (χ2n) is 7.65. The number of amides is 1. The minimum absolute atomic E-state index is 0.185. The summed E-state index contributed by atoms with van der Waals surface area (Å²) in [6.45, 7) is 0. The quantitative estimate of drug-likeness (QED) is 0.444. The van der Waals surface area contributed by atoms with Crippen LogP contribution < -0.4 is 5.32 Å². The van der Waals surface area contributed by atoms with Gasteiger partial charge in [-0.1, -0.05) is 66.2 Å². The largest absolute Gasteiger partial charge is 0.347 e. The average molecular weight is 463 g/mol. The van der Waals surface area contributed by atoms with Crippen molar-refractivity contribution in [2.75, 3.05) is 0 Å². The maximum absolute atomic E-state index is 12.9. The van der Waals surface area contributed by atoms with Gasteiger partial charge < -0.3 is 10.3 Å². The Balaban J connectivity index is 1.67. The van der Waals surface area contributed by atoms with Crippen LogP contribution in [-0.2, 0) is 6.42 Å². The van der Waals surface area contributed by atoms with Crippen LogP contribution in [0.2, 0.25) is 15.1 Å². The van der Waals surface area contributed by atoms with E-state index in [4.69, 9.17) is 34.8 Å². The second-order valence-corrected chi connectivity index (χ2v) is 8.93. The molecule has 1 saturated carbocycles. The number of hydrogen-bond donors (Lipinski definition) is 2. The van der Waals surface area contributed by atoms with Crippen molar-refractivity contribution < 1.29 is 4.79 Å². The zero-order valence-corrected chi connectivity index (χ0v) is 18.6. The van der Waals surface area contributed by atoms with Crippen molar-refractivity contribution in [2.45, 2.75) is 44.6 Å². The summed E-state index contributed by atoms with van der Waals surface area (Å²) >= 11 is 18.5. The summed E-state index contributed by atoms with van der Waals surface area (Å²) in [5.74, 6) is 0.112.